The van der Waals surface area contributed by atoms with E-state index in [1.165, 1.54) is 44.3 Å². The van der Waals surface area contributed by atoms with Gasteiger partial charge in [-0.2, -0.15) is 11.8 Å². The van der Waals surface area contributed by atoms with Crippen LogP contribution in [0.2, 0.25) is 0 Å². The number of nitrogens with two attached hydrogens (primary N) is 1. The van der Waals surface area contributed by atoms with Gasteiger partial charge in [0.15, 0.2) is 0 Å². The molecule has 88 valence electrons. The molecule has 1 saturated heterocycles. The average Bonchev–Trinajstić information content (AvgIpc) is 2.66. The minimum absolute atomic E-state index is 0.500. The van der Waals surface area contributed by atoms with Gasteiger partial charge in [0.25, 0.3) is 0 Å². The summed E-state index contributed by atoms with van der Waals surface area (Å²) in [6.45, 7) is 1.95. The summed E-state index contributed by atoms with van der Waals surface area (Å²) >= 11 is 2.15. The molecule has 15 heavy (non-hydrogen) atoms. The fraction of sp³-hybridized carbons (Fsp3) is 1.00. The van der Waals surface area contributed by atoms with Crippen LogP contribution in [0.3, 0.4) is 0 Å². The highest BCUT2D eigenvalue weighted by Gasteiger charge is 2.23. The lowest BCUT2D eigenvalue weighted by Gasteiger charge is -2.22. The molecule has 2 atom stereocenters. The fourth-order valence-corrected chi connectivity index (χ4v) is 3.95. The van der Waals surface area contributed by atoms with Gasteiger partial charge in [-0.05, 0) is 43.8 Å². The monoisotopic (exact) mass is 229 g/mol. The van der Waals surface area contributed by atoms with E-state index in [0.717, 1.165) is 24.4 Å². The van der Waals surface area contributed by atoms with E-state index in [-0.39, 0.29) is 0 Å². The Morgan fingerprint density at radius 2 is 1.93 bits per heavy atom. The van der Waals surface area contributed by atoms with Crippen molar-refractivity contribution in [2.24, 2.45) is 11.7 Å². The Morgan fingerprint density at radius 1 is 1.13 bits per heavy atom. The van der Waals surface area contributed by atoms with Crippen molar-refractivity contribution in [1.82, 2.24) is 0 Å². The summed E-state index contributed by atoms with van der Waals surface area (Å²) in [7, 11) is 0. The van der Waals surface area contributed by atoms with Gasteiger partial charge in [-0.15, -0.1) is 0 Å². The lowest BCUT2D eigenvalue weighted by atomic mass is 10.0. The lowest BCUT2D eigenvalue weighted by Crippen LogP contribution is -2.25. The van der Waals surface area contributed by atoms with Crippen molar-refractivity contribution in [1.29, 1.82) is 0 Å². The quantitative estimate of drug-likeness (QED) is 0.804. The minimum Gasteiger partial charge on any atom is -0.381 e. The standard InChI is InChI=1S/C12H23NOS/c13-12-3-1-2-10(12)6-9-15-11-4-7-14-8-5-11/h10-12H,1-9,13H2. The van der Waals surface area contributed by atoms with Crippen LogP contribution in [0, 0.1) is 5.92 Å². The fourth-order valence-electron chi connectivity index (χ4n) is 2.65. The van der Waals surface area contributed by atoms with Crippen molar-refractivity contribution < 1.29 is 4.74 Å². The molecule has 2 rings (SSSR count). The molecule has 2 aliphatic rings. The Hall–Kier alpha value is 0.270. The molecule has 1 saturated carbocycles. The summed E-state index contributed by atoms with van der Waals surface area (Å²) in [6, 6.07) is 0.500. The van der Waals surface area contributed by atoms with Crippen LogP contribution < -0.4 is 5.73 Å². The van der Waals surface area contributed by atoms with Crippen LogP contribution in [0.25, 0.3) is 0 Å². The van der Waals surface area contributed by atoms with Gasteiger partial charge in [-0.1, -0.05) is 6.42 Å². The summed E-state index contributed by atoms with van der Waals surface area (Å²) in [5, 5.41) is 0.858. The maximum Gasteiger partial charge on any atom is 0.0476 e. The molecule has 1 aliphatic carbocycles. The van der Waals surface area contributed by atoms with Crippen molar-refractivity contribution in [2.75, 3.05) is 19.0 Å². The molecule has 0 aromatic heterocycles. The molecule has 1 heterocycles. The first-order valence-electron chi connectivity index (χ1n) is 6.31. The number of thioether (sulfide) groups is 1. The van der Waals surface area contributed by atoms with Crippen LogP contribution in [-0.4, -0.2) is 30.3 Å². The third-order valence-corrected chi connectivity index (χ3v) is 5.14. The van der Waals surface area contributed by atoms with Crippen LogP contribution in [0.15, 0.2) is 0 Å². The van der Waals surface area contributed by atoms with Crippen LogP contribution >= 0.6 is 11.8 Å². The molecule has 0 aromatic rings. The SMILES string of the molecule is NC1CCCC1CCSC1CCOCC1. The molecular weight excluding hydrogens is 206 g/mol. The average molecular weight is 229 g/mol. The summed E-state index contributed by atoms with van der Waals surface area (Å²) in [5.41, 5.74) is 6.07. The second-order valence-corrected chi connectivity index (χ2v) is 6.23. The highest BCUT2D eigenvalue weighted by molar-refractivity contribution is 7.99. The van der Waals surface area contributed by atoms with E-state index >= 15 is 0 Å². The summed E-state index contributed by atoms with van der Waals surface area (Å²) in [6.07, 6.45) is 7.82. The molecule has 2 unspecified atom stereocenters. The largest absolute Gasteiger partial charge is 0.381 e. The molecule has 0 amide bonds. The third kappa shape index (κ3) is 3.65. The van der Waals surface area contributed by atoms with Crippen LogP contribution in [-0.2, 0) is 4.74 Å². The van der Waals surface area contributed by atoms with Crippen molar-refractivity contribution in [3.63, 3.8) is 0 Å². The van der Waals surface area contributed by atoms with E-state index in [2.05, 4.69) is 11.8 Å². The molecule has 2 nitrogen and oxygen atoms in total. The molecule has 3 heteroatoms. The van der Waals surface area contributed by atoms with Gasteiger partial charge in [0.1, 0.15) is 0 Å². The zero-order valence-corrected chi connectivity index (χ0v) is 10.3. The van der Waals surface area contributed by atoms with Gasteiger partial charge >= 0.3 is 0 Å². The predicted molar refractivity (Wildman–Crippen MR) is 66.2 cm³/mol. The van der Waals surface area contributed by atoms with Crippen molar-refractivity contribution >= 4 is 11.8 Å². The molecule has 0 aromatic carbocycles. The summed E-state index contributed by atoms with van der Waals surface area (Å²) in [4.78, 5) is 0. The molecule has 0 bridgehead atoms. The van der Waals surface area contributed by atoms with Gasteiger partial charge < -0.3 is 10.5 Å². The van der Waals surface area contributed by atoms with E-state index < -0.39 is 0 Å². The number of rotatable bonds is 4. The van der Waals surface area contributed by atoms with Crippen molar-refractivity contribution in [2.45, 2.75) is 49.8 Å². The Kier molecular flexibility index (Phi) is 4.79. The van der Waals surface area contributed by atoms with Crippen molar-refractivity contribution in [3.8, 4) is 0 Å². The maximum absolute atomic E-state index is 6.07. The maximum atomic E-state index is 6.07. The highest BCUT2D eigenvalue weighted by atomic mass is 32.2. The van der Waals surface area contributed by atoms with Gasteiger partial charge in [0.05, 0.1) is 0 Å². The highest BCUT2D eigenvalue weighted by Crippen LogP contribution is 2.30. The van der Waals surface area contributed by atoms with E-state index in [9.17, 15) is 0 Å². The molecule has 2 fully saturated rings. The second kappa shape index (κ2) is 6.12. The van der Waals surface area contributed by atoms with E-state index in [4.69, 9.17) is 10.5 Å². The Labute approximate surface area is 97.3 Å². The van der Waals surface area contributed by atoms with Gasteiger partial charge in [0, 0.05) is 24.5 Å². The number of hydrogen-bond donors (Lipinski definition) is 1. The molecule has 1 aliphatic heterocycles. The predicted octanol–water partition coefficient (Wildman–Crippen LogP) is 2.42. The van der Waals surface area contributed by atoms with Gasteiger partial charge in [-0.25, -0.2) is 0 Å². The van der Waals surface area contributed by atoms with E-state index in [1.807, 2.05) is 0 Å². The van der Waals surface area contributed by atoms with Gasteiger partial charge in [0.2, 0.25) is 0 Å². The Bertz CT molecular complexity index is 182. The topological polar surface area (TPSA) is 35.2 Å². The van der Waals surface area contributed by atoms with Crippen molar-refractivity contribution in [3.05, 3.63) is 0 Å². The zero-order valence-electron chi connectivity index (χ0n) is 9.49. The summed E-state index contributed by atoms with van der Waals surface area (Å²) in [5.74, 6) is 2.13. The lowest BCUT2D eigenvalue weighted by molar-refractivity contribution is 0.1000. The third-order valence-electron chi connectivity index (χ3n) is 3.73. The first-order chi connectivity index (χ1) is 7.36. The van der Waals surface area contributed by atoms with Crippen LogP contribution in [0.4, 0.5) is 0 Å². The Balaban J connectivity index is 1.57. The van der Waals surface area contributed by atoms with Crippen LogP contribution in [0.1, 0.15) is 38.5 Å². The Morgan fingerprint density at radius 3 is 2.60 bits per heavy atom. The number of hydrogen-bond acceptors (Lipinski definition) is 3. The minimum atomic E-state index is 0.500. The normalized spacial score (nSPS) is 33.4. The molecule has 0 spiro atoms. The molecular formula is C12H23NOS. The summed E-state index contributed by atoms with van der Waals surface area (Å²) < 4.78 is 5.36. The smallest absolute Gasteiger partial charge is 0.0476 e. The zero-order chi connectivity index (χ0) is 10.5. The van der Waals surface area contributed by atoms with Gasteiger partial charge in [-0.3, -0.25) is 0 Å². The second-order valence-electron chi connectivity index (χ2n) is 4.83. The molecule has 2 N–H and O–H groups in total. The van der Waals surface area contributed by atoms with Crippen LogP contribution in [0.5, 0.6) is 0 Å². The molecule has 0 radical (unpaired) electrons. The van der Waals surface area contributed by atoms with E-state index in [1.54, 1.807) is 0 Å². The number of ether oxygens (including phenoxy) is 1. The van der Waals surface area contributed by atoms with E-state index in [0.29, 0.717) is 6.04 Å². The first-order valence-corrected chi connectivity index (χ1v) is 7.36. The first kappa shape index (κ1) is 11.7.